The number of hydrogen-bond acceptors (Lipinski definition) is 4. The molecule has 3 rings (SSSR count). The fourth-order valence-corrected chi connectivity index (χ4v) is 3.11. The molecule has 0 saturated carbocycles. The summed E-state index contributed by atoms with van der Waals surface area (Å²) in [6, 6.07) is 7.78. The van der Waals surface area contributed by atoms with Crippen molar-refractivity contribution < 1.29 is 4.74 Å². The van der Waals surface area contributed by atoms with Crippen LogP contribution in [0.5, 0.6) is 5.75 Å². The van der Waals surface area contributed by atoms with Gasteiger partial charge in [-0.1, -0.05) is 11.8 Å². The summed E-state index contributed by atoms with van der Waals surface area (Å²) < 4.78 is 8.26. The van der Waals surface area contributed by atoms with E-state index in [1.807, 2.05) is 35.1 Å². The minimum absolute atomic E-state index is 0.752. The van der Waals surface area contributed by atoms with E-state index in [0.717, 1.165) is 28.0 Å². The number of nitrogens with zero attached hydrogens (tertiary/aromatic N) is 3. The minimum Gasteiger partial charge on any atom is -0.497 e. The van der Waals surface area contributed by atoms with Crippen LogP contribution >= 0.6 is 34.4 Å². The molecule has 0 unspecified atom stereocenters. The van der Waals surface area contributed by atoms with E-state index in [9.17, 15) is 0 Å². The largest absolute Gasteiger partial charge is 0.497 e. The zero-order chi connectivity index (χ0) is 12.5. The highest BCUT2D eigenvalue weighted by atomic mass is 127. The molecule has 1 aliphatic heterocycles. The van der Waals surface area contributed by atoms with Gasteiger partial charge in [0.2, 0.25) is 0 Å². The molecule has 0 fully saturated rings. The first-order valence-electron chi connectivity index (χ1n) is 5.36. The van der Waals surface area contributed by atoms with Crippen LogP contribution < -0.4 is 4.74 Å². The first kappa shape index (κ1) is 12.0. The second-order valence-corrected chi connectivity index (χ2v) is 6.08. The third kappa shape index (κ3) is 2.26. The lowest BCUT2D eigenvalue weighted by Crippen LogP contribution is -1.99. The van der Waals surface area contributed by atoms with Crippen LogP contribution in [0.2, 0.25) is 0 Å². The van der Waals surface area contributed by atoms with Crippen LogP contribution in [0.1, 0.15) is 0 Å². The van der Waals surface area contributed by atoms with E-state index >= 15 is 0 Å². The van der Waals surface area contributed by atoms with Gasteiger partial charge in [0, 0.05) is 21.1 Å². The summed E-state index contributed by atoms with van der Waals surface area (Å²) in [7, 11) is 1.66. The van der Waals surface area contributed by atoms with E-state index in [0.29, 0.717) is 0 Å². The molecule has 0 radical (unpaired) electrons. The molecule has 0 amide bonds. The number of ether oxygens (including phenoxy) is 1. The molecule has 2 aromatic rings. The van der Waals surface area contributed by atoms with Gasteiger partial charge in [0.05, 0.1) is 7.11 Å². The number of aromatic nitrogens is 3. The van der Waals surface area contributed by atoms with E-state index in [2.05, 4.69) is 32.7 Å². The fourth-order valence-electron chi connectivity index (χ4n) is 1.66. The van der Waals surface area contributed by atoms with E-state index < -0.39 is 0 Å². The fraction of sp³-hybridized carbons (Fsp3) is 0.167. The summed E-state index contributed by atoms with van der Waals surface area (Å²) in [6.07, 6.45) is 2.02. The average molecular weight is 371 g/mol. The van der Waals surface area contributed by atoms with Crippen LogP contribution in [-0.2, 0) is 0 Å². The molecule has 0 atom stereocenters. The van der Waals surface area contributed by atoms with Gasteiger partial charge >= 0.3 is 0 Å². The topological polar surface area (TPSA) is 39.9 Å². The van der Waals surface area contributed by atoms with Crippen molar-refractivity contribution in [2.75, 3.05) is 12.9 Å². The van der Waals surface area contributed by atoms with Crippen molar-refractivity contribution in [3.63, 3.8) is 0 Å². The molecule has 0 saturated heterocycles. The summed E-state index contributed by atoms with van der Waals surface area (Å²) in [5.41, 5.74) is 1.00. The van der Waals surface area contributed by atoms with Crippen molar-refractivity contribution in [1.82, 2.24) is 14.8 Å². The van der Waals surface area contributed by atoms with E-state index in [4.69, 9.17) is 4.74 Å². The Kier molecular flexibility index (Phi) is 3.29. The Balaban J connectivity index is 1.97. The van der Waals surface area contributed by atoms with Gasteiger partial charge in [0.15, 0.2) is 11.0 Å². The molecule has 0 N–H and O–H groups in total. The first-order chi connectivity index (χ1) is 8.76. The molecule has 1 aromatic heterocycles. The molecule has 0 bridgehead atoms. The quantitative estimate of drug-likeness (QED) is 0.760. The highest BCUT2D eigenvalue weighted by molar-refractivity contribution is 14.1. The van der Waals surface area contributed by atoms with Crippen molar-refractivity contribution in [2.45, 2.75) is 5.16 Å². The summed E-state index contributed by atoms with van der Waals surface area (Å²) in [6.45, 7) is 0. The monoisotopic (exact) mass is 371 g/mol. The van der Waals surface area contributed by atoms with Gasteiger partial charge < -0.3 is 4.74 Å². The van der Waals surface area contributed by atoms with Gasteiger partial charge in [0.25, 0.3) is 0 Å². The number of benzene rings is 1. The van der Waals surface area contributed by atoms with Gasteiger partial charge in [-0.05, 0) is 46.9 Å². The van der Waals surface area contributed by atoms with Crippen LogP contribution in [0, 0.1) is 0 Å². The number of methoxy groups -OCH3 is 1. The molecule has 1 aromatic carbocycles. The van der Waals surface area contributed by atoms with Crippen LogP contribution in [0.4, 0.5) is 0 Å². The van der Waals surface area contributed by atoms with Crippen molar-refractivity contribution in [1.29, 1.82) is 0 Å². The molecule has 4 nitrogen and oxygen atoms in total. The Morgan fingerprint density at radius 3 is 2.83 bits per heavy atom. The van der Waals surface area contributed by atoms with E-state index in [1.54, 1.807) is 18.9 Å². The van der Waals surface area contributed by atoms with E-state index in [1.165, 1.54) is 3.58 Å². The van der Waals surface area contributed by atoms with Gasteiger partial charge in [0.1, 0.15) is 5.75 Å². The molecule has 18 heavy (non-hydrogen) atoms. The third-order valence-electron chi connectivity index (χ3n) is 2.55. The second kappa shape index (κ2) is 4.93. The van der Waals surface area contributed by atoms with Gasteiger partial charge in [-0.3, -0.25) is 0 Å². The standard InChI is InChI=1S/C12H10IN3OS/c1-17-10-4-2-8(3-5-10)11-14-12-16(15-11)6-9(13)7-18-12/h2-6H,7H2,1H3. The van der Waals surface area contributed by atoms with Crippen LogP contribution in [-0.4, -0.2) is 27.6 Å². The molecule has 2 heterocycles. The maximum Gasteiger partial charge on any atom is 0.191 e. The molecule has 0 spiro atoms. The van der Waals surface area contributed by atoms with E-state index in [-0.39, 0.29) is 0 Å². The number of rotatable bonds is 2. The van der Waals surface area contributed by atoms with Crippen molar-refractivity contribution >= 4 is 40.6 Å². The lowest BCUT2D eigenvalue weighted by Gasteiger charge is -2.06. The number of thioether (sulfide) groups is 1. The molecule has 1 aliphatic rings. The zero-order valence-electron chi connectivity index (χ0n) is 9.63. The van der Waals surface area contributed by atoms with Crippen LogP contribution in [0.15, 0.2) is 33.0 Å². The van der Waals surface area contributed by atoms with Crippen molar-refractivity contribution in [3.05, 3.63) is 27.8 Å². The number of hydrogen-bond donors (Lipinski definition) is 0. The highest BCUT2D eigenvalue weighted by Crippen LogP contribution is 2.30. The minimum atomic E-state index is 0.752. The number of fused-ring (bicyclic) bond motifs is 1. The van der Waals surface area contributed by atoms with Gasteiger partial charge in [-0.15, -0.1) is 5.10 Å². The molecule has 92 valence electrons. The second-order valence-electron chi connectivity index (χ2n) is 3.76. The Morgan fingerprint density at radius 1 is 1.33 bits per heavy atom. The number of halogens is 1. The predicted octanol–water partition coefficient (Wildman–Crippen LogP) is 3.29. The van der Waals surface area contributed by atoms with Gasteiger partial charge in [-0.2, -0.15) is 0 Å². The van der Waals surface area contributed by atoms with Crippen LogP contribution in [0.3, 0.4) is 0 Å². The van der Waals surface area contributed by atoms with Crippen LogP contribution in [0.25, 0.3) is 17.6 Å². The van der Waals surface area contributed by atoms with Crippen molar-refractivity contribution in [2.24, 2.45) is 0 Å². The highest BCUT2D eigenvalue weighted by Gasteiger charge is 2.15. The smallest absolute Gasteiger partial charge is 0.191 e. The third-order valence-corrected chi connectivity index (χ3v) is 4.72. The Hall–Kier alpha value is -1.02. The summed E-state index contributed by atoms with van der Waals surface area (Å²) in [4.78, 5) is 4.54. The lowest BCUT2D eigenvalue weighted by molar-refractivity contribution is 0.415. The summed E-state index contributed by atoms with van der Waals surface area (Å²) in [5, 5.41) is 5.44. The normalized spacial score (nSPS) is 14.0. The summed E-state index contributed by atoms with van der Waals surface area (Å²) in [5.74, 6) is 2.57. The Labute approximate surface area is 123 Å². The maximum atomic E-state index is 5.14. The van der Waals surface area contributed by atoms with Crippen molar-refractivity contribution in [3.8, 4) is 17.1 Å². The zero-order valence-corrected chi connectivity index (χ0v) is 12.6. The SMILES string of the molecule is COc1ccc(-c2nc3n(n2)C=C(I)CS3)cc1. The predicted molar refractivity (Wildman–Crippen MR) is 81.0 cm³/mol. The molecule has 6 heteroatoms. The average Bonchev–Trinajstić information content (AvgIpc) is 2.81. The lowest BCUT2D eigenvalue weighted by atomic mass is 10.2. The molecular weight excluding hydrogens is 361 g/mol. The molecule has 0 aliphatic carbocycles. The molecular formula is C12H10IN3OS. The first-order valence-corrected chi connectivity index (χ1v) is 7.42. The van der Waals surface area contributed by atoms with Gasteiger partial charge in [-0.25, -0.2) is 9.67 Å². The Bertz CT molecular complexity index is 606. The Morgan fingerprint density at radius 2 is 2.11 bits per heavy atom. The summed E-state index contributed by atoms with van der Waals surface area (Å²) >= 11 is 4.03. The maximum absolute atomic E-state index is 5.14.